The highest BCUT2D eigenvalue weighted by Crippen LogP contribution is 2.40. The first-order chi connectivity index (χ1) is 11.1. The molecule has 1 aliphatic heterocycles. The normalized spacial score (nSPS) is 16.3. The van der Waals surface area contributed by atoms with E-state index >= 15 is 0 Å². The van der Waals surface area contributed by atoms with E-state index < -0.39 is 0 Å². The van der Waals surface area contributed by atoms with Crippen molar-refractivity contribution in [3.8, 4) is 11.5 Å². The minimum Gasteiger partial charge on any atom is -0.497 e. The van der Waals surface area contributed by atoms with E-state index in [-0.39, 0.29) is 11.1 Å². The van der Waals surface area contributed by atoms with Gasteiger partial charge in [0, 0.05) is 18.0 Å². The quantitative estimate of drug-likeness (QED) is 0.871. The molecule has 1 aromatic heterocycles. The molecular weight excluding hydrogens is 316 g/mol. The van der Waals surface area contributed by atoms with Gasteiger partial charge in [0.1, 0.15) is 11.5 Å². The van der Waals surface area contributed by atoms with Crippen LogP contribution in [0.1, 0.15) is 5.69 Å². The van der Waals surface area contributed by atoms with Crippen LogP contribution in [0.5, 0.6) is 11.5 Å². The molecule has 7 heteroatoms. The van der Waals surface area contributed by atoms with Crippen LogP contribution >= 0.6 is 11.8 Å². The molecule has 0 spiro atoms. The second-order valence-corrected chi connectivity index (χ2v) is 5.67. The fourth-order valence-electron chi connectivity index (χ4n) is 2.22. The van der Waals surface area contributed by atoms with E-state index in [2.05, 4.69) is 4.98 Å². The van der Waals surface area contributed by atoms with E-state index in [0.717, 1.165) is 22.4 Å². The van der Waals surface area contributed by atoms with Crippen LogP contribution in [0, 0.1) is 0 Å². The molecule has 0 unspecified atom stereocenters. The number of hydrogen-bond donors (Lipinski definition) is 1. The van der Waals surface area contributed by atoms with Crippen LogP contribution in [0.25, 0.3) is 6.08 Å². The lowest BCUT2D eigenvalue weighted by atomic mass is 10.2. The molecule has 1 fully saturated rings. The summed E-state index contributed by atoms with van der Waals surface area (Å²) in [6, 6.07) is 8.58. The standard InChI is InChI=1S/C16H14N2O4S/c1-21-11-5-6-12(13(9-11)22-2)18-15(19)14(23-16(18)20)8-10-4-3-7-17-10/h3-9,17H,1-2H3/b14-8+. The van der Waals surface area contributed by atoms with Crippen molar-refractivity contribution in [1.82, 2.24) is 4.98 Å². The molecule has 0 bridgehead atoms. The fraction of sp³-hybridized carbons (Fsp3) is 0.125. The number of imide groups is 1. The summed E-state index contributed by atoms with van der Waals surface area (Å²) >= 11 is 0.896. The predicted octanol–water partition coefficient (Wildman–Crippen LogP) is 3.27. The Morgan fingerprint density at radius 3 is 2.65 bits per heavy atom. The van der Waals surface area contributed by atoms with E-state index in [1.165, 1.54) is 14.2 Å². The van der Waals surface area contributed by atoms with Gasteiger partial charge in [-0.25, -0.2) is 4.90 Å². The number of carbonyl (C=O) groups is 2. The zero-order chi connectivity index (χ0) is 16.4. The predicted molar refractivity (Wildman–Crippen MR) is 88.8 cm³/mol. The first-order valence-electron chi connectivity index (χ1n) is 6.77. The minimum absolute atomic E-state index is 0.357. The topological polar surface area (TPSA) is 71.6 Å². The number of methoxy groups -OCH3 is 2. The van der Waals surface area contributed by atoms with Crippen LogP contribution in [0.4, 0.5) is 10.5 Å². The summed E-state index contributed by atoms with van der Waals surface area (Å²) in [5, 5.41) is -0.365. The third-order valence-corrected chi connectivity index (χ3v) is 4.20. The molecule has 2 aromatic rings. The molecule has 2 heterocycles. The van der Waals surface area contributed by atoms with Gasteiger partial charge in [-0.1, -0.05) is 0 Å². The van der Waals surface area contributed by atoms with Gasteiger partial charge in [-0.2, -0.15) is 0 Å². The molecule has 2 amide bonds. The number of benzene rings is 1. The van der Waals surface area contributed by atoms with E-state index in [1.54, 1.807) is 30.5 Å². The van der Waals surface area contributed by atoms with Gasteiger partial charge in [-0.3, -0.25) is 9.59 Å². The van der Waals surface area contributed by atoms with Crippen LogP contribution in [0.2, 0.25) is 0 Å². The van der Waals surface area contributed by atoms with Gasteiger partial charge >= 0.3 is 0 Å². The van der Waals surface area contributed by atoms with Gasteiger partial charge in [0.15, 0.2) is 0 Å². The summed E-state index contributed by atoms with van der Waals surface area (Å²) in [5.41, 5.74) is 1.16. The lowest BCUT2D eigenvalue weighted by Crippen LogP contribution is -2.28. The highest BCUT2D eigenvalue weighted by Gasteiger charge is 2.37. The number of carbonyl (C=O) groups excluding carboxylic acids is 2. The minimum atomic E-state index is -0.377. The third-order valence-electron chi connectivity index (χ3n) is 3.33. The summed E-state index contributed by atoms with van der Waals surface area (Å²) < 4.78 is 10.4. The van der Waals surface area contributed by atoms with Crippen molar-refractivity contribution in [2.24, 2.45) is 0 Å². The van der Waals surface area contributed by atoms with Crippen molar-refractivity contribution >= 4 is 34.7 Å². The van der Waals surface area contributed by atoms with Crippen LogP contribution in [0.15, 0.2) is 41.4 Å². The number of H-pyrrole nitrogens is 1. The lowest BCUT2D eigenvalue weighted by molar-refractivity contribution is -0.113. The van der Waals surface area contributed by atoms with Crippen molar-refractivity contribution in [3.63, 3.8) is 0 Å². The molecule has 0 aliphatic carbocycles. The zero-order valence-corrected chi connectivity index (χ0v) is 13.3. The maximum absolute atomic E-state index is 12.6. The number of hydrogen-bond acceptors (Lipinski definition) is 5. The van der Waals surface area contributed by atoms with Gasteiger partial charge in [0.2, 0.25) is 0 Å². The Morgan fingerprint density at radius 1 is 1.17 bits per heavy atom. The summed E-state index contributed by atoms with van der Waals surface area (Å²) in [6.07, 6.45) is 3.41. The molecule has 3 rings (SSSR count). The molecule has 0 saturated carbocycles. The number of anilines is 1. The highest BCUT2D eigenvalue weighted by molar-refractivity contribution is 8.19. The molecule has 1 aromatic carbocycles. The Bertz CT molecular complexity index is 783. The fourth-order valence-corrected chi connectivity index (χ4v) is 3.05. The average molecular weight is 330 g/mol. The van der Waals surface area contributed by atoms with Gasteiger partial charge in [0.25, 0.3) is 11.1 Å². The monoisotopic (exact) mass is 330 g/mol. The number of nitrogens with zero attached hydrogens (tertiary/aromatic N) is 1. The second kappa shape index (κ2) is 6.21. The molecule has 6 nitrogen and oxygen atoms in total. The third kappa shape index (κ3) is 2.83. The van der Waals surface area contributed by atoms with Crippen LogP contribution in [-0.2, 0) is 4.79 Å². The van der Waals surface area contributed by atoms with Crippen LogP contribution in [0.3, 0.4) is 0 Å². The number of ether oxygens (including phenoxy) is 2. The smallest absolute Gasteiger partial charge is 0.298 e. The average Bonchev–Trinajstić information content (AvgIpc) is 3.16. The second-order valence-electron chi connectivity index (χ2n) is 4.68. The summed E-state index contributed by atoms with van der Waals surface area (Å²) in [6.45, 7) is 0. The largest absolute Gasteiger partial charge is 0.497 e. The molecule has 23 heavy (non-hydrogen) atoms. The van der Waals surface area contributed by atoms with Crippen LogP contribution in [-0.4, -0.2) is 30.3 Å². The molecule has 1 saturated heterocycles. The van der Waals surface area contributed by atoms with Crippen molar-refractivity contribution in [1.29, 1.82) is 0 Å². The maximum Gasteiger partial charge on any atom is 0.298 e. The summed E-state index contributed by atoms with van der Waals surface area (Å²) in [7, 11) is 3.01. The zero-order valence-electron chi connectivity index (χ0n) is 12.5. The number of nitrogens with one attached hydrogen (secondary N) is 1. The molecule has 118 valence electrons. The first-order valence-corrected chi connectivity index (χ1v) is 7.59. The number of rotatable bonds is 4. The Labute approximate surface area is 137 Å². The highest BCUT2D eigenvalue weighted by atomic mass is 32.2. The van der Waals surface area contributed by atoms with Crippen molar-refractivity contribution in [2.45, 2.75) is 0 Å². The van der Waals surface area contributed by atoms with Gasteiger partial charge < -0.3 is 14.5 Å². The van der Waals surface area contributed by atoms with E-state index in [9.17, 15) is 9.59 Å². The number of aromatic nitrogens is 1. The SMILES string of the molecule is COc1ccc(N2C(=O)S/C(=C/c3ccc[nH]3)C2=O)c(OC)c1. The Kier molecular flexibility index (Phi) is 4.12. The maximum atomic E-state index is 12.6. The number of thioether (sulfide) groups is 1. The van der Waals surface area contributed by atoms with Gasteiger partial charge in [-0.05, 0) is 42.1 Å². The van der Waals surface area contributed by atoms with Crippen LogP contribution < -0.4 is 14.4 Å². The Hall–Kier alpha value is -2.67. The van der Waals surface area contributed by atoms with Crippen molar-refractivity contribution in [3.05, 3.63) is 47.1 Å². The van der Waals surface area contributed by atoms with E-state index in [4.69, 9.17) is 9.47 Å². The van der Waals surface area contributed by atoms with Gasteiger partial charge in [-0.15, -0.1) is 0 Å². The van der Waals surface area contributed by atoms with Gasteiger partial charge in [0.05, 0.1) is 24.8 Å². The van der Waals surface area contributed by atoms with E-state index in [0.29, 0.717) is 22.1 Å². The van der Waals surface area contributed by atoms with Crippen molar-refractivity contribution < 1.29 is 19.1 Å². The molecule has 1 aliphatic rings. The molecule has 0 radical (unpaired) electrons. The number of aromatic amines is 1. The van der Waals surface area contributed by atoms with E-state index in [1.807, 2.05) is 12.1 Å². The van der Waals surface area contributed by atoms with Crippen molar-refractivity contribution in [2.75, 3.05) is 19.1 Å². The molecule has 1 N–H and O–H groups in total. The summed E-state index contributed by atoms with van der Waals surface area (Å²) in [4.78, 5) is 29.3. The Morgan fingerprint density at radius 2 is 2.00 bits per heavy atom. The molecule has 0 atom stereocenters. The summed E-state index contributed by atoms with van der Waals surface area (Å²) in [5.74, 6) is 0.602. The lowest BCUT2D eigenvalue weighted by Gasteiger charge is -2.16. The number of amides is 2. The Balaban J connectivity index is 1.98. The molecular formula is C16H14N2O4S. The first kappa shape index (κ1) is 15.2.